The minimum absolute atomic E-state index is 0.169. The van der Waals surface area contributed by atoms with Crippen molar-refractivity contribution in [3.8, 4) is 11.5 Å². The van der Waals surface area contributed by atoms with Crippen molar-refractivity contribution in [1.82, 2.24) is 16.2 Å². The number of rotatable bonds is 6. The van der Waals surface area contributed by atoms with Crippen LogP contribution in [0.2, 0.25) is 0 Å². The monoisotopic (exact) mass is 323 g/mol. The van der Waals surface area contributed by atoms with E-state index in [1.165, 1.54) is 20.3 Å². The molecule has 8 nitrogen and oxygen atoms in total. The number of carbonyl (C=O) groups is 2. The van der Waals surface area contributed by atoms with Crippen LogP contribution in [0.1, 0.15) is 23.7 Å². The van der Waals surface area contributed by atoms with Crippen LogP contribution in [-0.2, 0) is 9.53 Å². The van der Waals surface area contributed by atoms with Crippen LogP contribution in [0.15, 0.2) is 18.2 Å². The van der Waals surface area contributed by atoms with E-state index in [1.54, 1.807) is 12.1 Å². The van der Waals surface area contributed by atoms with E-state index in [-0.39, 0.29) is 30.3 Å². The van der Waals surface area contributed by atoms with Crippen LogP contribution in [-0.4, -0.2) is 44.9 Å². The van der Waals surface area contributed by atoms with Crippen LogP contribution in [0.3, 0.4) is 0 Å². The molecule has 126 valence electrons. The Morgan fingerprint density at radius 1 is 1.22 bits per heavy atom. The van der Waals surface area contributed by atoms with E-state index in [2.05, 4.69) is 16.2 Å². The van der Waals surface area contributed by atoms with Crippen LogP contribution >= 0.6 is 0 Å². The van der Waals surface area contributed by atoms with Crippen molar-refractivity contribution in [3.05, 3.63) is 23.8 Å². The van der Waals surface area contributed by atoms with Crippen molar-refractivity contribution >= 4 is 11.9 Å². The Morgan fingerprint density at radius 2 is 1.96 bits per heavy atom. The molecule has 8 heteroatoms. The second-order valence-electron chi connectivity index (χ2n) is 5.19. The lowest BCUT2D eigenvalue weighted by Gasteiger charge is -2.12. The number of hydrogen-bond acceptors (Lipinski definition) is 7. The molecule has 0 aliphatic carbocycles. The highest BCUT2D eigenvalue weighted by atomic mass is 16.5. The summed E-state index contributed by atoms with van der Waals surface area (Å²) < 4.78 is 15.2. The molecule has 2 atom stereocenters. The molecule has 23 heavy (non-hydrogen) atoms. The maximum Gasteiger partial charge on any atom is 0.338 e. The predicted octanol–water partition coefficient (Wildman–Crippen LogP) is 0.189. The number of amides is 1. The van der Waals surface area contributed by atoms with Crippen molar-refractivity contribution in [2.75, 3.05) is 20.8 Å². The molecule has 0 aromatic heterocycles. The summed E-state index contributed by atoms with van der Waals surface area (Å²) in [4.78, 5) is 23.7. The number of methoxy groups -OCH3 is 2. The van der Waals surface area contributed by atoms with E-state index in [4.69, 9.17) is 14.2 Å². The van der Waals surface area contributed by atoms with Crippen LogP contribution in [0.4, 0.5) is 0 Å². The molecule has 1 aliphatic heterocycles. The topological polar surface area (TPSA) is 97.9 Å². The maximum atomic E-state index is 12.0. The first kappa shape index (κ1) is 17.0. The average Bonchev–Trinajstić information content (AvgIpc) is 2.96. The molecule has 1 heterocycles. The Labute approximate surface area is 134 Å². The largest absolute Gasteiger partial charge is 0.493 e. The Bertz CT molecular complexity index is 578. The molecule has 1 aromatic rings. The number of hydrogen-bond donors (Lipinski definition) is 3. The van der Waals surface area contributed by atoms with Crippen LogP contribution < -0.4 is 25.6 Å². The Hall–Kier alpha value is -2.32. The predicted molar refractivity (Wildman–Crippen MR) is 82.1 cm³/mol. The molecule has 1 aliphatic rings. The highest BCUT2D eigenvalue weighted by molar-refractivity contribution is 5.92. The third-order valence-electron chi connectivity index (χ3n) is 3.38. The number of ether oxygens (including phenoxy) is 3. The molecule has 2 unspecified atom stereocenters. The number of benzene rings is 1. The molecule has 1 saturated heterocycles. The van der Waals surface area contributed by atoms with Gasteiger partial charge in [-0.25, -0.2) is 10.2 Å². The second kappa shape index (κ2) is 7.80. The molecular weight excluding hydrogens is 302 g/mol. The van der Waals surface area contributed by atoms with E-state index < -0.39 is 5.97 Å². The lowest BCUT2D eigenvalue weighted by Crippen LogP contribution is -2.45. The number of hydrazine groups is 1. The molecular formula is C15H21N3O5. The third-order valence-corrected chi connectivity index (χ3v) is 3.38. The van der Waals surface area contributed by atoms with Crippen molar-refractivity contribution in [2.24, 2.45) is 0 Å². The van der Waals surface area contributed by atoms with Gasteiger partial charge in [-0.05, 0) is 31.5 Å². The first-order valence-electron chi connectivity index (χ1n) is 7.23. The summed E-state index contributed by atoms with van der Waals surface area (Å²) in [5.74, 6) is -0.0449. The Morgan fingerprint density at radius 3 is 2.57 bits per heavy atom. The molecule has 0 radical (unpaired) electrons. The third kappa shape index (κ3) is 4.57. The Kier molecular flexibility index (Phi) is 5.78. The zero-order valence-electron chi connectivity index (χ0n) is 13.3. The van der Waals surface area contributed by atoms with Crippen LogP contribution in [0.25, 0.3) is 0 Å². The number of carbonyl (C=O) groups excluding carboxylic acids is 2. The normalized spacial score (nSPS) is 20.0. The van der Waals surface area contributed by atoms with Gasteiger partial charge in [-0.2, -0.15) is 0 Å². The van der Waals surface area contributed by atoms with Crippen LogP contribution in [0.5, 0.6) is 11.5 Å². The van der Waals surface area contributed by atoms with Crippen LogP contribution in [0, 0.1) is 0 Å². The van der Waals surface area contributed by atoms with Crippen molar-refractivity contribution < 1.29 is 23.8 Å². The summed E-state index contributed by atoms with van der Waals surface area (Å²) in [6.07, 6.45) is 0.590. The fourth-order valence-electron chi connectivity index (χ4n) is 2.22. The number of nitrogens with one attached hydrogen (secondary N) is 3. The maximum absolute atomic E-state index is 12.0. The second-order valence-corrected chi connectivity index (χ2v) is 5.19. The molecule has 3 N–H and O–H groups in total. The summed E-state index contributed by atoms with van der Waals surface area (Å²) >= 11 is 0. The number of esters is 1. The summed E-state index contributed by atoms with van der Waals surface area (Å²) in [5, 5.41) is 2.72. The van der Waals surface area contributed by atoms with Crippen molar-refractivity contribution in [3.63, 3.8) is 0 Å². The average molecular weight is 323 g/mol. The van der Waals surface area contributed by atoms with Gasteiger partial charge in [-0.15, -0.1) is 0 Å². The van der Waals surface area contributed by atoms with Gasteiger partial charge in [0.2, 0.25) is 0 Å². The minimum atomic E-state index is -0.605. The highest BCUT2D eigenvalue weighted by Gasteiger charge is 2.22. The minimum Gasteiger partial charge on any atom is -0.493 e. The molecule has 1 aromatic carbocycles. The molecule has 2 rings (SSSR count). The Balaban J connectivity index is 1.85. The first-order chi connectivity index (χ1) is 11.0. The summed E-state index contributed by atoms with van der Waals surface area (Å²) in [7, 11) is 2.98. The summed E-state index contributed by atoms with van der Waals surface area (Å²) in [6.45, 7) is 1.65. The van der Waals surface area contributed by atoms with Gasteiger partial charge >= 0.3 is 5.97 Å². The van der Waals surface area contributed by atoms with Gasteiger partial charge in [0.15, 0.2) is 18.1 Å². The molecule has 1 amide bonds. The van der Waals surface area contributed by atoms with Gasteiger partial charge in [0.1, 0.15) is 0 Å². The highest BCUT2D eigenvalue weighted by Crippen LogP contribution is 2.27. The zero-order chi connectivity index (χ0) is 16.8. The summed E-state index contributed by atoms with van der Waals surface area (Å²) in [6, 6.07) is 4.93. The van der Waals surface area contributed by atoms with E-state index in [0.717, 1.165) is 6.42 Å². The smallest absolute Gasteiger partial charge is 0.338 e. The van der Waals surface area contributed by atoms with E-state index >= 15 is 0 Å². The summed E-state index contributed by atoms with van der Waals surface area (Å²) in [5.41, 5.74) is 6.20. The lowest BCUT2D eigenvalue weighted by molar-refractivity contribution is -0.125. The molecule has 0 bridgehead atoms. The van der Waals surface area contributed by atoms with Gasteiger partial charge in [0.25, 0.3) is 5.91 Å². The van der Waals surface area contributed by atoms with Gasteiger partial charge in [0.05, 0.1) is 25.9 Å². The lowest BCUT2D eigenvalue weighted by atomic mass is 10.2. The quantitative estimate of drug-likeness (QED) is 0.643. The van der Waals surface area contributed by atoms with E-state index in [9.17, 15) is 9.59 Å². The first-order valence-corrected chi connectivity index (χ1v) is 7.23. The van der Waals surface area contributed by atoms with Gasteiger partial charge in [0, 0.05) is 6.04 Å². The molecule has 0 spiro atoms. The van der Waals surface area contributed by atoms with Gasteiger partial charge in [-0.3, -0.25) is 10.2 Å². The standard InChI is InChI=1S/C15H21N3O5/c1-9-6-13(18-17-9)16-14(19)8-23-15(20)10-4-5-11(21-2)12(7-10)22-3/h4-5,7,9,13,17-18H,6,8H2,1-3H3,(H,16,19). The van der Waals surface area contributed by atoms with E-state index in [1.807, 2.05) is 6.92 Å². The van der Waals surface area contributed by atoms with Gasteiger partial charge in [-0.1, -0.05) is 0 Å². The van der Waals surface area contributed by atoms with Gasteiger partial charge < -0.3 is 19.5 Å². The van der Waals surface area contributed by atoms with E-state index in [0.29, 0.717) is 11.5 Å². The van der Waals surface area contributed by atoms with Crippen molar-refractivity contribution in [2.45, 2.75) is 25.6 Å². The molecule has 1 fully saturated rings. The SMILES string of the molecule is COc1ccc(C(=O)OCC(=O)NC2CC(C)NN2)cc1OC. The van der Waals surface area contributed by atoms with Crippen molar-refractivity contribution in [1.29, 1.82) is 0 Å². The zero-order valence-corrected chi connectivity index (χ0v) is 13.3. The fraction of sp³-hybridized carbons (Fsp3) is 0.467. The fourth-order valence-corrected chi connectivity index (χ4v) is 2.22. The molecule has 0 saturated carbocycles.